The smallest absolute Gasteiger partial charge is 0.316 e. The van der Waals surface area contributed by atoms with Crippen molar-refractivity contribution in [3.05, 3.63) is 23.3 Å². The van der Waals surface area contributed by atoms with Crippen LogP contribution in [0.5, 0.6) is 11.5 Å². The second-order valence-corrected chi connectivity index (χ2v) is 4.36. The summed E-state index contributed by atoms with van der Waals surface area (Å²) in [4.78, 5) is 23.6. The summed E-state index contributed by atoms with van der Waals surface area (Å²) in [6, 6.07) is 3.60. The molecule has 1 aromatic carbocycles. The van der Waals surface area contributed by atoms with Crippen LogP contribution in [-0.4, -0.2) is 33.1 Å². The van der Waals surface area contributed by atoms with Crippen molar-refractivity contribution >= 4 is 11.8 Å². The van der Waals surface area contributed by atoms with E-state index in [1.807, 2.05) is 6.07 Å². The first-order valence-electron chi connectivity index (χ1n) is 5.95. The lowest BCUT2D eigenvalue weighted by molar-refractivity contribution is -0.149. The molecule has 0 bridgehead atoms. The maximum absolute atomic E-state index is 11.9. The Morgan fingerprint density at radius 1 is 1.21 bits per heavy atom. The highest BCUT2D eigenvalue weighted by molar-refractivity contribution is 6.01. The van der Waals surface area contributed by atoms with Gasteiger partial charge in [-0.2, -0.15) is 0 Å². The topological polar surface area (TPSA) is 61.8 Å². The van der Waals surface area contributed by atoms with E-state index in [-0.39, 0.29) is 12.2 Å². The fourth-order valence-electron chi connectivity index (χ4n) is 2.41. The van der Waals surface area contributed by atoms with Gasteiger partial charge in [-0.05, 0) is 18.1 Å². The fourth-order valence-corrected chi connectivity index (χ4v) is 2.41. The van der Waals surface area contributed by atoms with Gasteiger partial charge in [0, 0.05) is 12.0 Å². The highest BCUT2D eigenvalue weighted by Crippen LogP contribution is 2.38. The predicted octanol–water partition coefficient (Wildman–Crippen LogP) is 1.16. The molecule has 0 aliphatic heterocycles. The Morgan fingerprint density at radius 2 is 1.95 bits per heavy atom. The van der Waals surface area contributed by atoms with Gasteiger partial charge in [-0.15, -0.1) is 0 Å². The van der Waals surface area contributed by atoms with Crippen molar-refractivity contribution in [3.8, 4) is 11.5 Å². The quantitative estimate of drug-likeness (QED) is 0.605. The molecule has 102 valence electrons. The second kappa shape index (κ2) is 5.30. The zero-order chi connectivity index (χ0) is 14.0. The van der Waals surface area contributed by atoms with Gasteiger partial charge >= 0.3 is 5.97 Å². The number of Topliss-reactive ketones (excluding diaryl/α,β-unsaturated/α-hetero) is 1. The van der Waals surface area contributed by atoms with Crippen LogP contribution in [0.15, 0.2) is 12.1 Å². The predicted molar refractivity (Wildman–Crippen MR) is 67.5 cm³/mol. The SMILES string of the molecule is COC(=O)C1Cc2c(ccc(OC)c2OC)CC1=O. The van der Waals surface area contributed by atoms with Crippen LogP contribution in [0.2, 0.25) is 0 Å². The van der Waals surface area contributed by atoms with E-state index >= 15 is 0 Å². The summed E-state index contributed by atoms with van der Waals surface area (Å²) in [5, 5.41) is 0. The summed E-state index contributed by atoms with van der Waals surface area (Å²) in [6.07, 6.45) is 0.511. The van der Waals surface area contributed by atoms with E-state index in [2.05, 4.69) is 4.74 Å². The molecule has 1 aromatic rings. The molecule has 0 spiro atoms. The first kappa shape index (κ1) is 13.4. The standard InChI is InChI=1S/C14H16O5/c1-17-12-5-4-8-6-11(15)10(14(16)19-3)7-9(8)13(12)18-2/h4-5,10H,6-7H2,1-3H3. The van der Waals surface area contributed by atoms with Crippen molar-refractivity contribution in [2.24, 2.45) is 5.92 Å². The third-order valence-electron chi connectivity index (χ3n) is 3.39. The molecule has 0 aromatic heterocycles. The fraction of sp³-hybridized carbons (Fsp3) is 0.429. The Labute approximate surface area is 111 Å². The lowest BCUT2D eigenvalue weighted by Crippen LogP contribution is -2.33. The van der Waals surface area contributed by atoms with Crippen LogP contribution in [0, 0.1) is 5.92 Å². The number of benzene rings is 1. The Balaban J connectivity index is 2.46. The number of ether oxygens (including phenoxy) is 3. The summed E-state index contributed by atoms with van der Waals surface area (Å²) in [5.74, 6) is -0.189. The summed E-state index contributed by atoms with van der Waals surface area (Å²) in [6.45, 7) is 0. The van der Waals surface area contributed by atoms with Crippen molar-refractivity contribution in [3.63, 3.8) is 0 Å². The van der Waals surface area contributed by atoms with Crippen LogP contribution >= 0.6 is 0 Å². The Hall–Kier alpha value is -2.04. The largest absolute Gasteiger partial charge is 0.493 e. The van der Waals surface area contributed by atoms with Crippen molar-refractivity contribution in [2.75, 3.05) is 21.3 Å². The van der Waals surface area contributed by atoms with Crippen LogP contribution in [0.3, 0.4) is 0 Å². The van der Waals surface area contributed by atoms with Gasteiger partial charge in [-0.25, -0.2) is 0 Å². The molecule has 19 heavy (non-hydrogen) atoms. The van der Waals surface area contributed by atoms with Gasteiger partial charge in [0.25, 0.3) is 0 Å². The minimum Gasteiger partial charge on any atom is -0.493 e. The van der Waals surface area contributed by atoms with Crippen molar-refractivity contribution in [1.29, 1.82) is 0 Å². The molecule has 1 atom stereocenters. The average Bonchev–Trinajstić information content (AvgIpc) is 2.44. The first-order valence-corrected chi connectivity index (χ1v) is 5.95. The summed E-state index contributed by atoms with van der Waals surface area (Å²) in [5.41, 5.74) is 1.72. The Kier molecular flexibility index (Phi) is 3.74. The number of rotatable bonds is 3. The average molecular weight is 264 g/mol. The van der Waals surface area contributed by atoms with E-state index in [4.69, 9.17) is 9.47 Å². The lowest BCUT2D eigenvalue weighted by Gasteiger charge is -2.24. The maximum atomic E-state index is 11.9. The van der Waals surface area contributed by atoms with Crippen LogP contribution in [0.25, 0.3) is 0 Å². The summed E-state index contributed by atoms with van der Waals surface area (Å²) >= 11 is 0. The van der Waals surface area contributed by atoms with E-state index in [0.29, 0.717) is 17.9 Å². The highest BCUT2D eigenvalue weighted by Gasteiger charge is 2.35. The number of esters is 1. The van der Waals surface area contributed by atoms with Gasteiger partial charge in [0.1, 0.15) is 5.92 Å². The summed E-state index contributed by atoms with van der Waals surface area (Å²) in [7, 11) is 4.38. The monoisotopic (exact) mass is 264 g/mol. The number of hydrogen-bond acceptors (Lipinski definition) is 5. The molecule has 5 heteroatoms. The Bertz CT molecular complexity index is 521. The first-order chi connectivity index (χ1) is 9.12. The van der Waals surface area contributed by atoms with Gasteiger partial charge in [0.15, 0.2) is 17.3 Å². The van der Waals surface area contributed by atoms with E-state index < -0.39 is 11.9 Å². The van der Waals surface area contributed by atoms with Gasteiger partial charge < -0.3 is 14.2 Å². The number of hydrogen-bond donors (Lipinski definition) is 0. The number of carbonyl (C=O) groups excluding carboxylic acids is 2. The summed E-state index contributed by atoms with van der Waals surface area (Å²) < 4.78 is 15.2. The minimum atomic E-state index is -0.751. The van der Waals surface area contributed by atoms with Gasteiger partial charge in [0.05, 0.1) is 21.3 Å². The molecule has 0 saturated heterocycles. The molecule has 0 N–H and O–H groups in total. The van der Waals surface area contributed by atoms with E-state index in [1.54, 1.807) is 20.3 Å². The van der Waals surface area contributed by atoms with Crippen LogP contribution < -0.4 is 9.47 Å². The van der Waals surface area contributed by atoms with Crippen LogP contribution in [0.1, 0.15) is 11.1 Å². The van der Waals surface area contributed by atoms with Crippen molar-refractivity contribution in [2.45, 2.75) is 12.8 Å². The third-order valence-corrected chi connectivity index (χ3v) is 3.39. The van der Waals surface area contributed by atoms with E-state index in [1.165, 1.54) is 7.11 Å². The lowest BCUT2D eigenvalue weighted by atomic mass is 9.82. The molecule has 0 amide bonds. The van der Waals surface area contributed by atoms with Crippen molar-refractivity contribution < 1.29 is 23.8 Å². The molecule has 0 radical (unpaired) electrons. The molecular formula is C14H16O5. The van der Waals surface area contributed by atoms with Crippen LogP contribution in [0.4, 0.5) is 0 Å². The number of carbonyl (C=O) groups is 2. The maximum Gasteiger partial charge on any atom is 0.316 e. The van der Waals surface area contributed by atoms with E-state index in [9.17, 15) is 9.59 Å². The molecular weight excluding hydrogens is 248 g/mol. The Morgan fingerprint density at radius 3 is 2.53 bits per heavy atom. The molecule has 1 aliphatic carbocycles. The van der Waals surface area contributed by atoms with Gasteiger partial charge in [-0.3, -0.25) is 9.59 Å². The number of fused-ring (bicyclic) bond motifs is 1. The molecule has 0 heterocycles. The zero-order valence-electron chi connectivity index (χ0n) is 11.2. The zero-order valence-corrected chi connectivity index (χ0v) is 11.2. The second-order valence-electron chi connectivity index (χ2n) is 4.36. The number of ketones is 1. The van der Waals surface area contributed by atoms with Gasteiger partial charge in [-0.1, -0.05) is 6.07 Å². The number of methoxy groups -OCH3 is 3. The normalized spacial score (nSPS) is 17.6. The van der Waals surface area contributed by atoms with Crippen LogP contribution in [-0.2, 0) is 27.2 Å². The minimum absolute atomic E-state index is 0.119. The van der Waals surface area contributed by atoms with Crippen molar-refractivity contribution in [1.82, 2.24) is 0 Å². The molecule has 1 aliphatic rings. The third kappa shape index (κ3) is 2.28. The highest BCUT2D eigenvalue weighted by atomic mass is 16.5. The van der Waals surface area contributed by atoms with E-state index in [0.717, 1.165) is 11.1 Å². The molecule has 0 saturated carbocycles. The molecule has 1 unspecified atom stereocenters. The molecule has 5 nitrogen and oxygen atoms in total. The molecule has 2 rings (SSSR count). The molecule has 0 fully saturated rings. The van der Waals surface area contributed by atoms with Gasteiger partial charge in [0.2, 0.25) is 0 Å².